The molecule has 1 aromatic rings. The number of ketones is 1. The van der Waals surface area contributed by atoms with E-state index in [9.17, 15) is 14.0 Å². The molecule has 1 N–H and O–H groups in total. The van der Waals surface area contributed by atoms with Gasteiger partial charge in [0.15, 0.2) is 0 Å². The lowest BCUT2D eigenvalue weighted by molar-refractivity contribution is -0.130. The fourth-order valence-electron chi connectivity index (χ4n) is 2.53. The number of hydrogen-bond donors (Lipinski definition) is 1. The summed E-state index contributed by atoms with van der Waals surface area (Å²) in [7, 11) is 0. The molecule has 0 saturated carbocycles. The number of nitrogens with one attached hydrogen (secondary N) is 1. The van der Waals surface area contributed by atoms with Gasteiger partial charge >= 0.3 is 0 Å². The molecule has 1 saturated heterocycles. The van der Waals surface area contributed by atoms with Gasteiger partial charge in [-0.05, 0) is 20.8 Å². The van der Waals surface area contributed by atoms with Crippen molar-refractivity contribution >= 4 is 11.7 Å². The monoisotopic (exact) mass is 354 g/mol. The number of carbonyl (C=O) groups is 2. The van der Waals surface area contributed by atoms with Gasteiger partial charge in [-0.25, -0.2) is 4.39 Å². The van der Waals surface area contributed by atoms with Gasteiger partial charge in [0.05, 0.1) is 13.1 Å². The molecule has 1 unspecified atom stereocenters. The van der Waals surface area contributed by atoms with Crippen LogP contribution in [0, 0.1) is 0 Å². The summed E-state index contributed by atoms with van der Waals surface area (Å²) in [5.74, 6) is -0.569. The van der Waals surface area contributed by atoms with Gasteiger partial charge in [0.25, 0.3) is 0 Å². The fraction of sp³-hybridized carbons (Fsp3) is 0.765. The number of aromatic nitrogens is 2. The molecule has 7 nitrogen and oxygen atoms in total. The second kappa shape index (κ2) is 6.82. The van der Waals surface area contributed by atoms with E-state index in [-0.39, 0.29) is 36.8 Å². The second-order valence-electron chi connectivity index (χ2n) is 8.54. The first kappa shape index (κ1) is 19.5. The van der Waals surface area contributed by atoms with E-state index in [0.717, 1.165) is 0 Å². The van der Waals surface area contributed by atoms with Crippen molar-refractivity contribution in [3.63, 3.8) is 0 Å². The molecule has 1 aliphatic rings. The predicted octanol–water partition coefficient (Wildman–Crippen LogP) is 1.88. The van der Waals surface area contributed by atoms with Gasteiger partial charge in [0.1, 0.15) is 12.2 Å². The molecule has 25 heavy (non-hydrogen) atoms. The summed E-state index contributed by atoms with van der Waals surface area (Å²) in [6.45, 7) is 11.4. The normalized spacial score (nSPS) is 21.6. The summed E-state index contributed by atoms with van der Waals surface area (Å²) in [6.07, 6.45) is -1.28. The largest absolute Gasteiger partial charge is 0.338 e. The smallest absolute Gasteiger partial charge is 0.240 e. The lowest BCUT2D eigenvalue weighted by Crippen LogP contribution is -2.48. The quantitative estimate of drug-likeness (QED) is 0.831. The van der Waals surface area contributed by atoms with Gasteiger partial charge < -0.3 is 14.7 Å². The van der Waals surface area contributed by atoms with Gasteiger partial charge in [0, 0.05) is 17.4 Å². The van der Waals surface area contributed by atoms with E-state index in [1.165, 1.54) is 4.90 Å². The maximum Gasteiger partial charge on any atom is 0.240 e. The molecule has 8 heteroatoms. The van der Waals surface area contributed by atoms with Crippen molar-refractivity contribution in [3.05, 3.63) is 11.7 Å². The molecule has 1 amide bonds. The summed E-state index contributed by atoms with van der Waals surface area (Å²) in [4.78, 5) is 30.5. The SMILES string of the molecule is CC(C)(C)NCC(=O)N1C[C@@H](F)CC1C(=O)c1noc(C(C)(C)C)n1. The lowest BCUT2D eigenvalue weighted by Gasteiger charge is -2.26. The molecule has 0 radical (unpaired) electrons. The number of Topliss-reactive ketones (excluding diaryl/α,β-unsaturated/α-hetero) is 1. The maximum atomic E-state index is 13.9. The Morgan fingerprint density at radius 3 is 2.44 bits per heavy atom. The van der Waals surface area contributed by atoms with E-state index in [0.29, 0.717) is 5.89 Å². The first-order valence-electron chi connectivity index (χ1n) is 8.45. The van der Waals surface area contributed by atoms with Crippen molar-refractivity contribution in [2.45, 2.75) is 71.1 Å². The number of nitrogens with zero attached hydrogens (tertiary/aromatic N) is 3. The van der Waals surface area contributed by atoms with E-state index in [4.69, 9.17) is 4.52 Å². The van der Waals surface area contributed by atoms with Crippen molar-refractivity contribution in [1.82, 2.24) is 20.4 Å². The van der Waals surface area contributed by atoms with Crippen LogP contribution in [-0.4, -0.2) is 57.6 Å². The predicted molar refractivity (Wildman–Crippen MR) is 90.1 cm³/mol. The van der Waals surface area contributed by atoms with Gasteiger partial charge in [-0.2, -0.15) is 4.98 Å². The van der Waals surface area contributed by atoms with E-state index < -0.39 is 23.4 Å². The third kappa shape index (κ3) is 4.84. The molecule has 1 aliphatic heterocycles. The van der Waals surface area contributed by atoms with Crippen LogP contribution in [-0.2, 0) is 10.2 Å². The van der Waals surface area contributed by atoms with E-state index in [1.54, 1.807) is 0 Å². The van der Waals surface area contributed by atoms with Crippen molar-refractivity contribution in [2.24, 2.45) is 0 Å². The Bertz CT molecular complexity index is 645. The second-order valence-corrected chi connectivity index (χ2v) is 8.54. The van der Waals surface area contributed by atoms with Crippen molar-refractivity contribution in [1.29, 1.82) is 0 Å². The van der Waals surface area contributed by atoms with Crippen LogP contribution in [0.3, 0.4) is 0 Å². The van der Waals surface area contributed by atoms with E-state index >= 15 is 0 Å². The highest BCUT2D eigenvalue weighted by atomic mass is 19.1. The van der Waals surface area contributed by atoms with E-state index in [2.05, 4.69) is 15.5 Å². The van der Waals surface area contributed by atoms with Crippen LogP contribution in [0.4, 0.5) is 4.39 Å². The van der Waals surface area contributed by atoms with Crippen LogP contribution in [0.2, 0.25) is 0 Å². The van der Waals surface area contributed by atoms with Gasteiger partial charge in [0.2, 0.25) is 23.4 Å². The van der Waals surface area contributed by atoms with Crippen LogP contribution < -0.4 is 5.32 Å². The first-order chi connectivity index (χ1) is 11.4. The minimum absolute atomic E-state index is 0.0412. The first-order valence-corrected chi connectivity index (χ1v) is 8.45. The highest BCUT2D eigenvalue weighted by molar-refractivity contribution is 5.99. The zero-order valence-corrected chi connectivity index (χ0v) is 15.7. The number of likely N-dealkylation sites (tertiary alicyclic amines) is 1. The van der Waals surface area contributed by atoms with Gasteiger partial charge in [-0.15, -0.1) is 0 Å². The minimum atomic E-state index is -1.23. The van der Waals surface area contributed by atoms with Gasteiger partial charge in [-0.1, -0.05) is 25.9 Å². The van der Waals surface area contributed by atoms with Crippen molar-refractivity contribution in [3.8, 4) is 0 Å². The Morgan fingerprint density at radius 2 is 1.92 bits per heavy atom. The molecule has 1 fully saturated rings. The standard InChI is InChI=1S/C17H27FN4O3/c1-16(2,3)15-20-14(21-25-15)13(24)11-7-10(18)9-22(11)12(23)8-19-17(4,5)6/h10-11,19H,7-9H2,1-6H3/t10-,11?/m0/s1. The van der Waals surface area contributed by atoms with Crippen LogP contribution in [0.5, 0.6) is 0 Å². The van der Waals surface area contributed by atoms with Crippen molar-refractivity contribution < 1.29 is 18.5 Å². The van der Waals surface area contributed by atoms with Crippen LogP contribution in [0.15, 0.2) is 4.52 Å². The molecule has 2 rings (SSSR count). The Hall–Kier alpha value is -1.83. The molecule has 1 aromatic heterocycles. The van der Waals surface area contributed by atoms with E-state index in [1.807, 2.05) is 41.5 Å². The summed E-state index contributed by atoms with van der Waals surface area (Å²) < 4.78 is 19.0. The Kier molecular flexibility index (Phi) is 5.32. The summed E-state index contributed by atoms with van der Waals surface area (Å²) in [5, 5.41) is 6.78. The molecule has 140 valence electrons. The average Bonchev–Trinajstić information content (AvgIpc) is 3.09. The number of hydrogen-bond acceptors (Lipinski definition) is 6. The third-order valence-electron chi connectivity index (χ3n) is 3.93. The molecule has 0 aliphatic carbocycles. The highest BCUT2D eigenvalue weighted by Crippen LogP contribution is 2.25. The number of carbonyl (C=O) groups excluding carboxylic acids is 2. The van der Waals surface area contributed by atoms with Gasteiger partial charge in [-0.3, -0.25) is 9.59 Å². The molecule has 0 bridgehead atoms. The zero-order valence-electron chi connectivity index (χ0n) is 15.7. The minimum Gasteiger partial charge on any atom is -0.338 e. The lowest BCUT2D eigenvalue weighted by atomic mass is 9.97. The molecular weight excluding hydrogens is 327 g/mol. The third-order valence-corrected chi connectivity index (χ3v) is 3.93. The van der Waals surface area contributed by atoms with Crippen LogP contribution in [0.1, 0.15) is 64.5 Å². The Balaban J connectivity index is 2.13. The number of alkyl halides is 1. The van der Waals surface area contributed by atoms with Crippen LogP contribution >= 0.6 is 0 Å². The number of amides is 1. The zero-order chi connectivity index (χ0) is 19.0. The topological polar surface area (TPSA) is 88.3 Å². The number of rotatable bonds is 4. The van der Waals surface area contributed by atoms with Crippen LogP contribution in [0.25, 0.3) is 0 Å². The number of halogens is 1. The molecule has 0 spiro atoms. The Morgan fingerprint density at radius 1 is 1.28 bits per heavy atom. The maximum absolute atomic E-state index is 13.9. The average molecular weight is 354 g/mol. The summed E-state index contributed by atoms with van der Waals surface area (Å²) >= 11 is 0. The molecular formula is C17H27FN4O3. The highest BCUT2D eigenvalue weighted by Gasteiger charge is 2.42. The van der Waals surface area contributed by atoms with Crippen molar-refractivity contribution in [2.75, 3.05) is 13.1 Å². The fourth-order valence-corrected chi connectivity index (χ4v) is 2.53. The summed E-state index contributed by atoms with van der Waals surface area (Å²) in [5.41, 5.74) is -0.644. The molecule has 0 aromatic carbocycles. The Labute approximate surface area is 147 Å². The summed E-state index contributed by atoms with van der Waals surface area (Å²) in [6, 6.07) is -0.894. The molecule has 2 heterocycles. The molecule has 2 atom stereocenters.